The number of carbonyl (C=O) groups is 1. The van der Waals surface area contributed by atoms with Gasteiger partial charge in [0, 0.05) is 23.3 Å². The first kappa shape index (κ1) is 16.1. The van der Waals surface area contributed by atoms with Crippen LogP contribution in [0.2, 0.25) is 5.02 Å². The number of fused-ring (bicyclic) bond motifs is 1. The van der Waals surface area contributed by atoms with E-state index in [2.05, 4.69) is 41.2 Å². The summed E-state index contributed by atoms with van der Waals surface area (Å²) in [4.78, 5) is 13.5. The molecule has 1 aromatic heterocycles. The third kappa shape index (κ3) is 3.59. The predicted octanol–water partition coefficient (Wildman–Crippen LogP) is 1.66. The van der Waals surface area contributed by atoms with E-state index in [0.717, 1.165) is 36.6 Å². The Hall–Kier alpha value is -1.78. The minimum atomic E-state index is 0.119. The highest BCUT2D eigenvalue weighted by Gasteiger charge is 2.33. The van der Waals surface area contributed by atoms with Crippen molar-refractivity contribution >= 4 is 17.5 Å². The predicted molar refractivity (Wildman–Crippen MR) is 91.7 cm³/mol. The molecule has 1 aliphatic heterocycles. The molecule has 3 rings (SSSR count). The number of quaternary nitrogens is 1. The number of hydrogen-bond acceptors (Lipinski definition) is 1. The molecule has 1 aliphatic rings. The van der Waals surface area contributed by atoms with Crippen LogP contribution in [-0.2, 0) is 11.3 Å². The average molecular weight is 333 g/mol. The van der Waals surface area contributed by atoms with Crippen LogP contribution in [0, 0.1) is 0 Å². The molecule has 0 saturated carbocycles. The van der Waals surface area contributed by atoms with Crippen molar-refractivity contribution in [2.45, 2.75) is 25.9 Å². The fourth-order valence-corrected chi connectivity index (χ4v) is 3.53. The number of nitrogens with one attached hydrogen (secondary N) is 2. The Balaban J connectivity index is 1.88. The monoisotopic (exact) mass is 332 g/mol. The number of nitrogens with zero attached hydrogens (tertiary/aromatic N) is 1. The van der Waals surface area contributed by atoms with Gasteiger partial charge in [0.05, 0.1) is 18.8 Å². The molecular weight excluding hydrogens is 310 g/mol. The van der Waals surface area contributed by atoms with Gasteiger partial charge in [-0.3, -0.25) is 4.79 Å². The fraction of sp³-hybridized carbons (Fsp3) is 0.389. The summed E-state index contributed by atoms with van der Waals surface area (Å²) in [6.45, 7) is 5.16. The number of halogens is 1. The summed E-state index contributed by atoms with van der Waals surface area (Å²) < 4.78 is 2.28. The van der Waals surface area contributed by atoms with E-state index in [1.807, 2.05) is 18.2 Å². The SMILES string of the molecule is CCCNC(=O)C[NH+]1CCn2cccc2[C@@H]1c1cccc(Cl)c1. The lowest BCUT2D eigenvalue weighted by molar-refractivity contribution is -0.922. The lowest BCUT2D eigenvalue weighted by Gasteiger charge is -2.33. The Labute approximate surface area is 142 Å². The molecule has 2 heterocycles. The van der Waals surface area contributed by atoms with Gasteiger partial charge in [-0.1, -0.05) is 30.7 Å². The van der Waals surface area contributed by atoms with Crippen molar-refractivity contribution in [1.82, 2.24) is 9.88 Å². The van der Waals surface area contributed by atoms with E-state index in [0.29, 0.717) is 6.54 Å². The average Bonchev–Trinajstić information content (AvgIpc) is 3.01. The quantitative estimate of drug-likeness (QED) is 0.858. The molecule has 2 atom stereocenters. The number of aromatic nitrogens is 1. The van der Waals surface area contributed by atoms with Gasteiger partial charge in [0.15, 0.2) is 12.6 Å². The molecule has 5 heteroatoms. The third-order valence-electron chi connectivity index (χ3n) is 4.38. The molecule has 1 unspecified atom stereocenters. The molecule has 0 radical (unpaired) electrons. The van der Waals surface area contributed by atoms with Crippen LogP contribution < -0.4 is 10.2 Å². The zero-order valence-electron chi connectivity index (χ0n) is 13.4. The first-order chi connectivity index (χ1) is 11.2. The summed E-state index contributed by atoms with van der Waals surface area (Å²) in [6, 6.07) is 12.4. The van der Waals surface area contributed by atoms with Gasteiger partial charge in [-0.25, -0.2) is 0 Å². The number of carbonyl (C=O) groups excluding carboxylic acids is 1. The Bertz CT molecular complexity index is 682. The van der Waals surface area contributed by atoms with Crippen molar-refractivity contribution in [3.63, 3.8) is 0 Å². The van der Waals surface area contributed by atoms with Crippen LogP contribution in [0.4, 0.5) is 0 Å². The highest BCUT2D eigenvalue weighted by molar-refractivity contribution is 6.30. The summed E-state index contributed by atoms with van der Waals surface area (Å²) in [5.74, 6) is 0.119. The molecule has 1 amide bonds. The van der Waals surface area contributed by atoms with Crippen LogP contribution >= 0.6 is 11.6 Å². The van der Waals surface area contributed by atoms with Crippen molar-refractivity contribution in [1.29, 1.82) is 0 Å². The molecular formula is C18H23ClN3O+. The lowest BCUT2D eigenvalue weighted by atomic mass is 10.00. The Kier molecular flexibility index (Phi) is 5.03. The lowest BCUT2D eigenvalue weighted by Crippen LogP contribution is -3.14. The van der Waals surface area contributed by atoms with Gasteiger partial charge in [0.25, 0.3) is 5.91 Å². The van der Waals surface area contributed by atoms with E-state index in [9.17, 15) is 4.79 Å². The number of amides is 1. The molecule has 2 aromatic rings. The minimum absolute atomic E-state index is 0.119. The van der Waals surface area contributed by atoms with Crippen molar-refractivity contribution in [2.24, 2.45) is 0 Å². The number of hydrogen-bond donors (Lipinski definition) is 2. The van der Waals surface area contributed by atoms with Crippen LogP contribution in [0.1, 0.15) is 30.6 Å². The van der Waals surface area contributed by atoms with E-state index < -0.39 is 0 Å². The molecule has 122 valence electrons. The third-order valence-corrected chi connectivity index (χ3v) is 4.62. The van der Waals surface area contributed by atoms with Gasteiger partial charge in [0.1, 0.15) is 0 Å². The summed E-state index contributed by atoms with van der Waals surface area (Å²) in [6.07, 6.45) is 3.07. The second kappa shape index (κ2) is 7.20. The molecule has 2 N–H and O–H groups in total. The number of benzene rings is 1. The molecule has 0 saturated heterocycles. The highest BCUT2D eigenvalue weighted by atomic mass is 35.5. The van der Waals surface area contributed by atoms with Crippen molar-refractivity contribution in [3.05, 3.63) is 58.9 Å². The molecule has 0 spiro atoms. The van der Waals surface area contributed by atoms with E-state index >= 15 is 0 Å². The smallest absolute Gasteiger partial charge is 0.275 e. The van der Waals surface area contributed by atoms with Crippen LogP contribution in [0.3, 0.4) is 0 Å². The van der Waals surface area contributed by atoms with Gasteiger partial charge in [0.2, 0.25) is 0 Å². The Morgan fingerprint density at radius 2 is 2.26 bits per heavy atom. The van der Waals surface area contributed by atoms with E-state index in [1.165, 1.54) is 10.6 Å². The van der Waals surface area contributed by atoms with Crippen LogP contribution in [0.5, 0.6) is 0 Å². The molecule has 23 heavy (non-hydrogen) atoms. The highest BCUT2D eigenvalue weighted by Crippen LogP contribution is 2.24. The molecule has 0 aliphatic carbocycles. The molecule has 4 nitrogen and oxygen atoms in total. The van der Waals surface area contributed by atoms with Gasteiger partial charge in [-0.2, -0.15) is 0 Å². The van der Waals surface area contributed by atoms with E-state index in [-0.39, 0.29) is 11.9 Å². The van der Waals surface area contributed by atoms with Crippen LogP contribution in [0.15, 0.2) is 42.6 Å². The van der Waals surface area contributed by atoms with Crippen LogP contribution in [-0.4, -0.2) is 30.1 Å². The Morgan fingerprint density at radius 1 is 1.39 bits per heavy atom. The van der Waals surface area contributed by atoms with Gasteiger partial charge in [-0.15, -0.1) is 0 Å². The largest absolute Gasteiger partial charge is 0.351 e. The van der Waals surface area contributed by atoms with Crippen LogP contribution in [0.25, 0.3) is 0 Å². The minimum Gasteiger partial charge on any atom is -0.351 e. The molecule has 0 bridgehead atoms. The van der Waals surface area contributed by atoms with E-state index in [1.54, 1.807) is 0 Å². The summed E-state index contributed by atoms with van der Waals surface area (Å²) in [5, 5.41) is 3.73. The Morgan fingerprint density at radius 3 is 3.04 bits per heavy atom. The maximum Gasteiger partial charge on any atom is 0.275 e. The normalized spacial score (nSPS) is 20.1. The topological polar surface area (TPSA) is 38.5 Å². The summed E-state index contributed by atoms with van der Waals surface area (Å²) in [7, 11) is 0. The first-order valence-electron chi connectivity index (χ1n) is 8.21. The van der Waals surface area contributed by atoms with E-state index in [4.69, 9.17) is 11.6 Å². The summed E-state index contributed by atoms with van der Waals surface area (Å²) in [5.41, 5.74) is 2.41. The second-order valence-corrected chi connectivity index (χ2v) is 6.49. The van der Waals surface area contributed by atoms with Crippen molar-refractivity contribution < 1.29 is 9.69 Å². The fourth-order valence-electron chi connectivity index (χ4n) is 3.33. The zero-order valence-corrected chi connectivity index (χ0v) is 14.1. The maximum atomic E-state index is 12.2. The molecule has 1 aromatic carbocycles. The maximum absolute atomic E-state index is 12.2. The standard InChI is InChI=1S/C18H22ClN3O/c1-2-8-20-17(23)13-22-11-10-21-9-4-7-16(21)18(22)14-5-3-6-15(19)12-14/h3-7,9,12,18H,2,8,10-11,13H2,1H3,(H,20,23)/p+1/t18-/m0/s1. The van der Waals surface area contributed by atoms with Gasteiger partial charge < -0.3 is 14.8 Å². The summed E-state index contributed by atoms with van der Waals surface area (Å²) >= 11 is 6.19. The van der Waals surface area contributed by atoms with Crippen molar-refractivity contribution in [3.8, 4) is 0 Å². The number of rotatable bonds is 5. The first-order valence-corrected chi connectivity index (χ1v) is 8.58. The van der Waals surface area contributed by atoms with Gasteiger partial charge >= 0.3 is 0 Å². The van der Waals surface area contributed by atoms with Crippen molar-refractivity contribution in [2.75, 3.05) is 19.6 Å². The second-order valence-electron chi connectivity index (χ2n) is 6.05. The molecule has 0 fully saturated rings. The zero-order chi connectivity index (χ0) is 16.2. The van der Waals surface area contributed by atoms with Gasteiger partial charge in [-0.05, 0) is 30.7 Å².